The Morgan fingerprint density at radius 1 is 1.39 bits per heavy atom. The summed E-state index contributed by atoms with van der Waals surface area (Å²) in [7, 11) is 0. The van der Waals surface area contributed by atoms with Crippen LogP contribution < -0.4 is 0 Å². The Balaban J connectivity index is 1.74. The molecule has 2 heterocycles. The Morgan fingerprint density at radius 2 is 2.26 bits per heavy atom. The molecule has 0 radical (unpaired) electrons. The van der Waals surface area contributed by atoms with Crippen LogP contribution in [-0.2, 0) is 0 Å². The molecule has 6 nitrogen and oxygen atoms in total. The lowest BCUT2D eigenvalue weighted by Crippen LogP contribution is -1.95. The molecule has 0 unspecified atom stereocenters. The maximum Gasteiger partial charge on any atom is 0.215 e. The topological polar surface area (TPSA) is 92.0 Å². The van der Waals surface area contributed by atoms with E-state index >= 15 is 0 Å². The number of aliphatic hydroxyl groups excluding tert-OH is 1. The smallest absolute Gasteiger partial charge is 0.215 e. The van der Waals surface area contributed by atoms with Crippen LogP contribution in [0, 0.1) is 0 Å². The number of aromatic nitrogens is 3. The van der Waals surface area contributed by atoms with Crippen molar-refractivity contribution in [2.75, 3.05) is 0 Å². The van der Waals surface area contributed by atoms with Gasteiger partial charge in [0.1, 0.15) is 12.6 Å². The van der Waals surface area contributed by atoms with Crippen molar-refractivity contribution in [2.24, 2.45) is 0 Å². The van der Waals surface area contributed by atoms with E-state index in [-0.39, 0.29) is 11.6 Å². The average molecular weight is 348 g/mol. The number of allylic oxidation sites excluding steroid dienone is 1. The van der Waals surface area contributed by atoms with Gasteiger partial charge in [-0.3, -0.25) is 9.89 Å². The van der Waals surface area contributed by atoms with Crippen LogP contribution >= 0.6 is 23.4 Å². The monoisotopic (exact) mass is 347 g/mol. The number of H-pyrrole nitrogens is 1. The normalized spacial score (nSPS) is 11.6. The Labute approximate surface area is 140 Å². The number of hydrogen-bond acceptors (Lipinski definition) is 6. The molecular weight excluding hydrogens is 338 g/mol. The summed E-state index contributed by atoms with van der Waals surface area (Å²) < 4.78 is 5.35. The van der Waals surface area contributed by atoms with E-state index in [0.717, 1.165) is 11.0 Å². The lowest BCUT2D eigenvalue weighted by atomic mass is 10.2. The summed E-state index contributed by atoms with van der Waals surface area (Å²) in [5.41, 5.74) is 0.316. The first-order valence-electron chi connectivity index (χ1n) is 6.45. The predicted molar refractivity (Wildman–Crippen MR) is 85.6 cm³/mol. The first-order valence-corrected chi connectivity index (χ1v) is 7.64. The molecule has 116 valence electrons. The van der Waals surface area contributed by atoms with Gasteiger partial charge in [-0.15, -0.1) is 0 Å². The Morgan fingerprint density at radius 3 is 3.00 bits per heavy atom. The van der Waals surface area contributed by atoms with Gasteiger partial charge in [0.05, 0.1) is 5.56 Å². The fourth-order valence-corrected chi connectivity index (χ4v) is 2.85. The van der Waals surface area contributed by atoms with Gasteiger partial charge in [-0.25, -0.2) is 4.98 Å². The number of nitrogens with one attached hydrogen (secondary N) is 1. The molecule has 8 heteroatoms. The third kappa shape index (κ3) is 3.82. The Hall–Kier alpha value is -2.51. The molecule has 0 bridgehead atoms. The minimum Gasteiger partial charge on any atom is -0.504 e. The van der Waals surface area contributed by atoms with Crippen molar-refractivity contribution in [3.05, 3.63) is 65.4 Å². The molecule has 0 atom stereocenters. The van der Waals surface area contributed by atoms with E-state index in [9.17, 15) is 9.90 Å². The van der Waals surface area contributed by atoms with E-state index in [0.29, 0.717) is 15.7 Å². The molecule has 2 aromatic heterocycles. The number of ketones is 1. The predicted octanol–water partition coefficient (Wildman–Crippen LogP) is 3.98. The number of halogens is 1. The second-order valence-electron chi connectivity index (χ2n) is 4.43. The zero-order chi connectivity index (χ0) is 16.2. The lowest BCUT2D eigenvalue weighted by molar-refractivity contribution is 0.104. The standard InChI is InChI=1S/C15H10ClN3O3S/c16-10-2-1-3-11(5-10)23-14-4-9(7-22-14)12(20)6-13(21)15-17-8-18-19-15/h1-8,21H,(H,17,18,19). The number of carbonyl (C=O) groups excluding carboxylic acids is 1. The molecule has 0 aliphatic carbocycles. The summed E-state index contributed by atoms with van der Waals surface area (Å²) in [4.78, 5) is 16.7. The zero-order valence-corrected chi connectivity index (χ0v) is 13.1. The van der Waals surface area contributed by atoms with E-state index in [1.807, 2.05) is 12.1 Å². The largest absolute Gasteiger partial charge is 0.504 e. The first kappa shape index (κ1) is 15.4. The van der Waals surface area contributed by atoms with Crippen LogP contribution in [0.25, 0.3) is 5.76 Å². The van der Waals surface area contributed by atoms with Gasteiger partial charge in [0.15, 0.2) is 16.6 Å². The molecule has 3 aromatic rings. The van der Waals surface area contributed by atoms with E-state index < -0.39 is 5.78 Å². The van der Waals surface area contributed by atoms with Crippen molar-refractivity contribution in [1.82, 2.24) is 15.2 Å². The van der Waals surface area contributed by atoms with Crippen molar-refractivity contribution in [3.8, 4) is 0 Å². The highest BCUT2D eigenvalue weighted by molar-refractivity contribution is 7.99. The van der Waals surface area contributed by atoms with Crippen LogP contribution in [0.4, 0.5) is 0 Å². The summed E-state index contributed by atoms with van der Waals surface area (Å²) in [6.07, 6.45) is 3.68. The van der Waals surface area contributed by atoms with Crippen LogP contribution in [0.15, 0.2) is 63.4 Å². The van der Waals surface area contributed by atoms with Crippen molar-refractivity contribution < 1.29 is 14.3 Å². The summed E-state index contributed by atoms with van der Waals surface area (Å²) >= 11 is 7.27. The summed E-state index contributed by atoms with van der Waals surface area (Å²) in [6, 6.07) is 8.88. The maximum absolute atomic E-state index is 12.1. The van der Waals surface area contributed by atoms with Gasteiger partial charge in [-0.1, -0.05) is 29.4 Å². The molecule has 0 fully saturated rings. The van der Waals surface area contributed by atoms with Gasteiger partial charge in [-0.05, 0) is 18.2 Å². The van der Waals surface area contributed by atoms with E-state index in [2.05, 4.69) is 15.2 Å². The molecule has 0 spiro atoms. The molecular formula is C15H10ClN3O3S. The minimum atomic E-state index is -0.408. The van der Waals surface area contributed by atoms with E-state index in [1.54, 1.807) is 18.2 Å². The molecule has 23 heavy (non-hydrogen) atoms. The fourth-order valence-electron chi connectivity index (χ4n) is 1.75. The van der Waals surface area contributed by atoms with Gasteiger partial charge in [0.2, 0.25) is 5.82 Å². The summed E-state index contributed by atoms with van der Waals surface area (Å²) in [6.45, 7) is 0. The molecule has 2 N–H and O–H groups in total. The molecule has 0 amide bonds. The molecule has 0 saturated carbocycles. The number of aromatic amines is 1. The number of carbonyl (C=O) groups is 1. The van der Waals surface area contributed by atoms with E-state index in [4.69, 9.17) is 16.0 Å². The number of hydrogen-bond donors (Lipinski definition) is 2. The van der Waals surface area contributed by atoms with Gasteiger partial charge in [-0.2, -0.15) is 5.10 Å². The van der Waals surface area contributed by atoms with Gasteiger partial charge in [0.25, 0.3) is 0 Å². The third-order valence-corrected chi connectivity index (χ3v) is 3.93. The van der Waals surface area contributed by atoms with Crippen molar-refractivity contribution in [2.45, 2.75) is 9.99 Å². The van der Waals surface area contributed by atoms with Crippen LogP contribution in [0.1, 0.15) is 16.2 Å². The molecule has 0 aliphatic heterocycles. The number of benzene rings is 1. The maximum atomic E-state index is 12.1. The number of rotatable bonds is 5. The fraction of sp³-hybridized carbons (Fsp3) is 0. The summed E-state index contributed by atoms with van der Waals surface area (Å²) in [5.74, 6) is -0.675. The second-order valence-corrected chi connectivity index (χ2v) is 5.94. The Bertz CT molecular complexity index is 858. The Kier molecular flexibility index (Phi) is 4.50. The quantitative estimate of drug-likeness (QED) is 0.412. The highest BCUT2D eigenvalue weighted by Gasteiger charge is 2.12. The number of furan rings is 1. The molecule has 0 aliphatic rings. The number of aliphatic hydroxyl groups is 1. The minimum absolute atomic E-state index is 0.0513. The van der Waals surface area contributed by atoms with Crippen LogP contribution in [-0.4, -0.2) is 26.1 Å². The van der Waals surface area contributed by atoms with Gasteiger partial charge in [0, 0.05) is 22.1 Å². The average Bonchev–Trinajstić information content (AvgIpc) is 3.18. The highest BCUT2D eigenvalue weighted by Crippen LogP contribution is 2.30. The third-order valence-electron chi connectivity index (χ3n) is 2.79. The number of nitrogens with zero attached hydrogens (tertiary/aromatic N) is 2. The van der Waals surface area contributed by atoms with Crippen molar-refractivity contribution in [3.63, 3.8) is 0 Å². The lowest BCUT2D eigenvalue weighted by Gasteiger charge is -1.97. The van der Waals surface area contributed by atoms with Crippen molar-refractivity contribution >= 4 is 34.9 Å². The highest BCUT2D eigenvalue weighted by atomic mass is 35.5. The molecule has 3 rings (SSSR count). The molecule has 1 aromatic carbocycles. The van der Waals surface area contributed by atoms with Crippen LogP contribution in [0.3, 0.4) is 0 Å². The first-order chi connectivity index (χ1) is 11.1. The van der Waals surface area contributed by atoms with Gasteiger partial charge < -0.3 is 9.52 Å². The van der Waals surface area contributed by atoms with Gasteiger partial charge >= 0.3 is 0 Å². The van der Waals surface area contributed by atoms with Crippen molar-refractivity contribution in [1.29, 1.82) is 0 Å². The summed E-state index contributed by atoms with van der Waals surface area (Å²) in [5, 5.41) is 17.1. The van der Waals surface area contributed by atoms with Crippen LogP contribution in [0.5, 0.6) is 0 Å². The second kappa shape index (κ2) is 6.72. The molecule has 0 saturated heterocycles. The SMILES string of the molecule is O=C(C=C(O)c1nc[nH]n1)c1coc(Sc2cccc(Cl)c2)c1. The van der Waals surface area contributed by atoms with Crippen LogP contribution in [0.2, 0.25) is 5.02 Å². The zero-order valence-electron chi connectivity index (χ0n) is 11.6. The van der Waals surface area contributed by atoms with E-state index in [1.165, 1.54) is 24.4 Å².